The van der Waals surface area contributed by atoms with Crippen LogP contribution in [0, 0.1) is 23.2 Å². The van der Waals surface area contributed by atoms with Crippen LogP contribution in [0.4, 0.5) is 5.69 Å². The number of amides is 2. The molecule has 1 aromatic heterocycles. The lowest BCUT2D eigenvalue weighted by Crippen LogP contribution is -2.49. The number of nitrogens with zero attached hydrogens (tertiary/aromatic N) is 3. The topological polar surface area (TPSA) is 104 Å². The highest BCUT2D eigenvalue weighted by molar-refractivity contribution is 6.32. The van der Waals surface area contributed by atoms with Crippen molar-refractivity contribution in [2.45, 2.75) is 37.6 Å². The highest BCUT2D eigenvalue weighted by atomic mass is 35.5. The number of fused-ring (bicyclic) bond motifs is 5. The Morgan fingerprint density at radius 1 is 1.42 bits per heavy atom. The molecule has 0 aliphatic carbocycles. The first-order chi connectivity index (χ1) is 11.2. The van der Waals surface area contributed by atoms with Gasteiger partial charge in [0.05, 0.1) is 40.4 Å². The van der Waals surface area contributed by atoms with E-state index in [2.05, 4.69) is 4.98 Å². The molecular weight excluding hydrogens is 334 g/mol. The molecule has 2 bridgehead atoms. The van der Waals surface area contributed by atoms with E-state index < -0.39 is 35.0 Å². The number of halogens is 1. The van der Waals surface area contributed by atoms with Gasteiger partial charge in [-0.15, -0.1) is 0 Å². The Labute approximate surface area is 142 Å². The summed E-state index contributed by atoms with van der Waals surface area (Å²) in [5.41, 5.74) is -1.70. The van der Waals surface area contributed by atoms with Crippen LogP contribution in [0.1, 0.15) is 26.0 Å². The number of hydrogen-bond donors (Lipinski definition) is 1. The SMILES string of the molecule is CC12CC(O)C(C)(O1)C1C(=O)N(c3cnc(C#N)c(Cl)c3)C(=O)C12. The molecule has 0 spiro atoms. The van der Waals surface area contributed by atoms with E-state index in [1.54, 1.807) is 13.8 Å². The number of ether oxygens (including phenoxy) is 1. The van der Waals surface area contributed by atoms with Gasteiger partial charge in [-0.25, -0.2) is 9.88 Å². The largest absolute Gasteiger partial charge is 0.390 e. The number of anilines is 1. The molecule has 4 rings (SSSR count). The fraction of sp³-hybridized carbons (Fsp3) is 0.500. The summed E-state index contributed by atoms with van der Waals surface area (Å²) in [4.78, 5) is 30.8. The molecule has 3 aliphatic heterocycles. The Morgan fingerprint density at radius 3 is 2.71 bits per heavy atom. The third kappa shape index (κ3) is 1.66. The Bertz CT molecular complexity index is 837. The van der Waals surface area contributed by atoms with E-state index in [9.17, 15) is 14.7 Å². The maximum atomic E-state index is 12.9. The number of nitriles is 1. The Morgan fingerprint density at radius 2 is 2.08 bits per heavy atom. The molecule has 0 radical (unpaired) electrons. The molecule has 7 nitrogen and oxygen atoms in total. The van der Waals surface area contributed by atoms with Crippen LogP contribution < -0.4 is 4.90 Å². The van der Waals surface area contributed by atoms with E-state index in [1.807, 2.05) is 6.07 Å². The molecule has 1 N–H and O–H groups in total. The van der Waals surface area contributed by atoms with Gasteiger partial charge in [0.1, 0.15) is 11.7 Å². The van der Waals surface area contributed by atoms with E-state index in [1.165, 1.54) is 12.3 Å². The minimum Gasteiger partial charge on any atom is -0.390 e. The number of hydrogen-bond acceptors (Lipinski definition) is 6. The van der Waals surface area contributed by atoms with Crippen LogP contribution in [0.25, 0.3) is 0 Å². The van der Waals surface area contributed by atoms with Crippen molar-refractivity contribution in [3.05, 3.63) is 23.0 Å². The van der Waals surface area contributed by atoms with Crippen LogP contribution in [0.2, 0.25) is 5.02 Å². The maximum Gasteiger partial charge on any atom is 0.240 e. The van der Waals surface area contributed by atoms with Crippen LogP contribution in [0.3, 0.4) is 0 Å². The van der Waals surface area contributed by atoms with Gasteiger partial charge in [-0.2, -0.15) is 5.26 Å². The quantitative estimate of drug-likeness (QED) is 0.761. The molecule has 1 aromatic rings. The smallest absolute Gasteiger partial charge is 0.240 e. The van der Waals surface area contributed by atoms with Crippen molar-refractivity contribution < 1.29 is 19.4 Å². The molecule has 5 atom stereocenters. The molecule has 4 heterocycles. The zero-order valence-electron chi connectivity index (χ0n) is 13.0. The molecule has 2 amide bonds. The summed E-state index contributed by atoms with van der Waals surface area (Å²) in [6, 6.07) is 3.22. The van der Waals surface area contributed by atoms with Gasteiger partial charge in [0.2, 0.25) is 11.8 Å². The normalized spacial score (nSPS) is 40.1. The highest BCUT2D eigenvalue weighted by Gasteiger charge is 2.75. The Balaban J connectivity index is 1.79. The van der Waals surface area contributed by atoms with E-state index in [0.29, 0.717) is 6.42 Å². The molecule has 3 saturated heterocycles. The summed E-state index contributed by atoms with van der Waals surface area (Å²) in [6.07, 6.45) is 0.790. The second-order valence-electron chi connectivity index (χ2n) is 6.92. The molecule has 3 aliphatic rings. The second-order valence-corrected chi connectivity index (χ2v) is 7.33. The van der Waals surface area contributed by atoms with Crippen molar-refractivity contribution in [3.63, 3.8) is 0 Å². The van der Waals surface area contributed by atoms with Gasteiger partial charge in [-0.05, 0) is 19.9 Å². The monoisotopic (exact) mass is 347 g/mol. The first kappa shape index (κ1) is 15.5. The highest BCUT2D eigenvalue weighted by Crippen LogP contribution is 2.60. The lowest BCUT2D eigenvalue weighted by Gasteiger charge is -2.31. The Kier molecular flexibility index (Phi) is 2.93. The third-order valence-corrected chi connectivity index (χ3v) is 5.77. The number of aliphatic hydroxyl groups excluding tert-OH is 1. The minimum atomic E-state index is -1.08. The van der Waals surface area contributed by atoms with Crippen molar-refractivity contribution in [1.29, 1.82) is 5.26 Å². The summed E-state index contributed by atoms with van der Waals surface area (Å²) < 4.78 is 5.91. The average molecular weight is 348 g/mol. The van der Waals surface area contributed by atoms with Crippen LogP contribution in [-0.2, 0) is 14.3 Å². The fourth-order valence-corrected chi connectivity index (χ4v) is 4.61. The van der Waals surface area contributed by atoms with Crippen molar-refractivity contribution in [2.24, 2.45) is 11.8 Å². The lowest BCUT2D eigenvalue weighted by molar-refractivity contribution is -0.132. The molecule has 8 heteroatoms. The number of imide groups is 1. The maximum absolute atomic E-state index is 12.9. The summed E-state index contributed by atoms with van der Waals surface area (Å²) in [6.45, 7) is 3.43. The fourth-order valence-electron chi connectivity index (χ4n) is 4.41. The first-order valence-corrected chi connectivity index (χ1v) is 7.92. The number of aromatic nitrogens is 1. The van der Waals surface area contributed by atoms with Gasteiger partial charge in [-0.1, -0.05) is 11.6 Å². The number of carbonyl (C=O) groups excluding carboxylic acids is 2. The number of carbonyl (C=O) groups is 2. The van der Waals surface area contributed by atoms with Crippen molar-refractivity contribution in [3.8, 4) is 6.07 Å². The minimum absolute atomic E-state index is 0.0254. The van der Waals surface area contributed by atoms with Crippen molar-refractivity contribution in [1.82, 2.24) is 4.98 Å². The molecule has 0 saturated carbocycles. The van der Waals surface area contributed by atoms with E-state index >= 15 is 0 Å². The lowest BCUT2D eigenvalue weighted by atomic mass is 9.67. The van der Waals surface area contributed by atoms with Gasteiger partial charge < -0.3 is 9.84 Å². The van der Waals surface area contributed by atoms with E-state index in [4.69, 9.17) is 21.6 Å². The number of aliphatic hydroxyl groups is 1. The zero-order chi connectivity index (χ0) is 17.4. The van der Waals surface area contributed by atoms with Gasteiger partial charge in [0.15, 0.2) is 5.69 Å². The van der Waals surface area contributed by atoms with Crippen LogP contribution in [0.5, 0.6) is 0 Å². The molecule has 0 aromatic carbocycles. The standard InChI is InChI=1S/C16H14ClN3O4/c1-15-4-10(21)16(2,24-15)12-11(15)13(22)20(14(12)23)7-3-8(17)9(5-18)19-6-7/h3,6,10-12,21H,4H2,1-2H3. The molecule has 5 unspecified atom stereocenters. The molecule has 24 heavy (non-hydrogen) atoms. The number of rotatable bonds is 1. The summed E-state index contributed by atoms with van der Waals surface area (Å²) in [7, 11) is 0. The van der Waals surface area contributed by atoms with Gasteiger partial charge in [0, 0.05) is 6.42 Å². The second kappa shape index (κ2) is 4.54. The van der Waals surface area contributed by atoms with Crippen molar-refractivity contribution >= 4 is 29.1 Å². The van der Waals surface area contributed by atoms with Gasteiger partial charge in [0.25, 0.3) is 0 Å². The van der Waals surface area contributed by atoms with Gasteiger partial charge in [-0.3, -0.25) is 9.59 Å². The predicted octanol–water partition coefficient (Wildman–Crippen LogP) is 1.02. The zero-order valence-corrected chi connectivity index (χ0v) is 13.7. The van der Waals surface area contributed by atoms with Crippen LogP contribution in [0.15, 0.2) is 12.3 Å². The van der Waals surface area contributed by atoms with Crippen LogP contribution in [-0.4, -0.2) is 39.2 Å². The third-order valence-electron chi connectivity index (χ3n) is 5.49. The Hall–Kier alpha value is -2.01. The summed E-state index contributed by atoms with van der Waals surface area (Å²) in [5.74, 6) is -2.20. The molecule has 3 fully saturated rings. The number of pyridine rings is 1. The predicted molar refractivity (Wildman–Crippen MR) is 82.0 cm³/mol. The molecular formula is C16H14ClN3O4. The van der Waals surface area contributed by atoms with Crippen LogP contribution >= 0.6 is 11.6 Å². The van der Waals surface area contributed by atoms with Crippen molar-refractivity contribution in [2.75, 3.05) is 4.90 Å². The van der Waals surface area contributed by atoms with E-state index in [-0.39, 0.29) is 22.3 Å². The first-order valence-electron chi connectivity index (χ1n) is 7.54. The summed E-state index contributed by atoms with van der Waals surface area (Å²) >= 11 is 5.97. The average Bonchev–Trinajstić information content (AvgIpc) is 3.01. The van der Waals surface area contributed by atoms with Gasteiger partial charge >= 0.3 is 0 Å². The summed E-state index contributed by atoms with van der Waals surface area (Å²) in [5, 5.41) is 19.3. The molecule has 124 valence electrons. The van der Waals surface area contributed by atoms with E-state index in [0.717, 1.165) is 4.90 Å².